The molecule has 4 nitrogen and oxygen atoms in total. The average molecular weight is 527 g/mol. The van der Waals surface area contributed by atoms with Crippen LogP contribution in [0.1, 0.15) is 16.8 Å². The molecule has 0 unspecified atom stereocenters. The highest BCUT2D eigenvalue weighted by Gasteiger charge is 2.36. The van der Waals surface area contributed by atoms with Crippen LogP contribution in [0.4, 0.5) is 26.3 Å². The first-order valence-corrected chi connectivity index (χ1v) is 10.7. The molecule has 0 saturated heterocycles. The van der Waals surface area contributed by atoms with Crippen molar-refractivity contribution in [2.24, 2.45) is 7.05 Å². The molecule has 0 radical (unpaired) electrons. The summed E-state index contributed by atoms with van der Waals surface area (Å²) in [6, 6.07) is 14.2. The van der Waals surface area contributed by atoms with Gasteiger partial charge in [-0.2, -0.15) is 31.4 Å². The topological polar surface area (TPSA) is 47.3 Å². The number of hydrogen-bond donors (Lipinski definition) is 1. The highest BCUT2D eigenvalue weighted by atomic mass is 35.5. The van der Waals surface area contributed by atoms with Crippen LogP contribution < -0.4 is 4.74 Å². The first kappa shape index (κ1) is 25.4. The van der Waals surface area contributed by atoms with Gasteiger partial charge in [-0.05, 0) is 53.6 Å². The summed E-state index contributed by atoms with van der Waals surface area (Å²) in [5, 5.41) is 15.4. The van der Waals surface area contributed by atoms with Crippen LogP contribution in [-0.4, -0.2) is 14.9 Å². The third-order valence-electron chi connectivity index (χ3n) is 5.37. The summed E-state index contributed by atoms with van der Waals surface area (Å²) >= 11 is 5.88. The van der Waals surface area contributed by atoms with E-state index in [9.17, 15) is 31.4 Å². The van der Waals surface area contributed by atoms with E-state index in [0.29, 0.717) is 15.3 Å². The molecule has 1 aromatic heterocycles. The molecule has 0 aliphatic heterocycles. The summed E-state index contributed by atoms with van der Waals surface area (Å²) < 4.78 is 86.3. The lowest BCUT2D eigenvalue weighted by molar-refractivity contribution is -0.143. The molecule has 0 amide bonds. The van der Waals surface area contributed by atoms with Gasteiger partial charge in [0.05, 0.1) is 16.8 Å². The first-order valence-electron chi connectivity index (χ1n) is 10.4. The molecule has 1 N–H and O–H groups in total. The molecule has 0 atom stereocenters. The number of phenols is 1. The maximum Gasteiger partial charge on any atom is 0.433 e. The number of ether oxygens (including phenoxy) is 1. The largest absolute Gasteiger partial charge is 0.506 e. The summed E-state index contributed by atoms with van der Waals surface area (Å²) in [6.45, 7) is -0.0102. The van der Waals surface area contributed by atoms with E-state index in [1.807, 2.05) is 0 Å². The van der Waals surface area contributed by atoms with Gasteiger partial charge in [0.25, 0.3) is 0 Å². The van der Waals surface area contributed by atoms with Crippen LogP contribution in [0.25, 0.3) is 22.4 Å². The van der Waals surface area contributed by atoms with Crippen molar-refractivity contribution in [1.82, 2.24) is 9.78 Å². The first-order chi connectivity index (χ1) is 16.8. The van der Waals surface area contributed by atoms with E-state index >= 15 is 0 Å². The van der Waals surface area contributed by atoms with Crippen LogP contribution in [0.3, 0.4) is 0 Å². The van der Waals surface area contributed by atoms with Crippen LogP contribution >= 0.6 is 11.6 Å². The van der Waals surface area contributed by atoms with E-state index in [0.717, 1.165) is 31.3 Å². The lowest BCUT2D eigenvalue weighted by Gasteiger charge is -2.17. The molecule has 0 bridgehead atoms. The van der Waals surface area contributed by atoms with Gasteiger partial charge in [0.15, 0.2) is 0 Å². The quantitative estimate of drug-likeness (QED) is 0.271. The molecule has 11 heteroatoms. The van der Waals surface area contributed by atoms with Crippen LogP contribution in [0, 0.1) is 0 Å². The third-order valence-corrected chi connectivity index (χ3v) is 5.62. The van der Waals surface area contributed by atoms with Gasteiger partial charge >= 0.3 is 12.4 Å². The molecule has 0 fully saturated rings. The zero-order chi connectivity index (χ0) is 26.3. The van der Waals surface area contributed by atoms with Gasteiger partial charge in [-0.25, -0.2) is 0 Å². The van der Waals surface area contributed by atoms with Crippen LogP contribution in [-0.2, 0) is 26.0 Å². The summed E-state index contributed by atoms with van der Waals surface area (Å²) in [6.07, 6.45) is -9.35. The van der Waals surface area contributed by atoms with Crippen molar-refractivity contribution in [3.8, 4) is 33.9 Å². The van der Waals surface area contributed by atoms with Gasteiger partial charge in [-0.1, -0.05) is 35.9 Å². The summed E-state index contributed by atoms with van der Waals surface area (Å²) in [5.41, 5.74) is -1.80. The molecule has 3 aromatic carbocycles. The Bertz CT molecular complexity index is 1400. The molecule has 4 rings (SSSR count). The molecule has 0 aliphatic rings. The number of benzene rings is 3. The zero-order valence-electron chi connectivity index (χ0n) is 18.5. The summed E-state index contributed by atoms with van der Waals surface area (Å²) in [4.78, 5) is 0. The second-order valence-electron chi connectivity index (χ2n) is 7.86. The van der Waals surface area contributed by atoms with Crippen molar-refractivity contribution < 1.29 is 36.2 Å². The normalized spacial score (nSPS) is 12.1. The maximum atomic E-state index is 13.4. The molecule has 188 valence electrons. The van der Waals surface area contributed by atoms with E-state index in [4.69, 9.17) is 16.3 Å². The second-order valence-corrected chi connectivity index (χ2v) is 8.30. The molecule has 0 aliphatic carbocycles. The smallest absolute Gasteiger partial charge is 0.433 e. The van der Waals surface area contributed by atoms with Gasteiger partial charge in [-0.15, -0.1) is 0 Å². The van der Waals surface area contributed by atoms with Crippen molar-refractivity contribution in [3.63, 3.8) is 0 Å². The fourth-order valence-electron chi connectivity index (χ4n) is 3.64. The number of aromatic nitrogens is 2. The van der Waals surface area contributed by atoms with Gasteiger partial charge < -0.3 is 9.84 Å². The Morgan fingerprint density at radius 3 is 2.22 bits per heavy atom. The molecule has 4 aromatic rings. The SMILES string of the molecule is Cn1nc(-c2ccc(OCc3ccc(Cl)cc3)c(-c3cccc(C(F)(F)F)c3)c2O)cc1C(F)(F)F. The maximum absolute atomic E-state index is 13.4. The van der Waals surface area contributed by atoms with Crippen molar-refractivity contribution in [3.05, 3.63) is 88.6 Å². The lowest BCUT2D eigenvalue weighted by atomic mass is 9.97. The van der Waals surface area contributed by atoms with E-state index in [-0.39, 0.29) is 34.7 Å². The molecular formula is C25H17ClF6N2O2. The number of rotatable bonds is 5. The fraction of sp³-hybridized carbons (Fsp3) is 0.160. The Labute approximate surface area is 206 Å². The van der Waals surface area contributed by atoms with Gasteiger partial charge in [0, 0.05) is 17.6 Å². The third kappa shape index (κ3) is 5.28. The van der Waals surface area contributed by atoms with Gasteiger partial charge in [0.1, 0.15) is 23.8 Å². The minimum atomic E-state index is -4.69. The summed E-state index contributed by atoms with van der Waals surface area (Å²) in [5.74, 6) is -0.549. The van der Waals surface area contributed by atoms with Crippen molar-refractivity contribution in [2.75, 3.05) is 0 Å². The Morgan fingerprint density at radius 1 is 0.917 bits per heavy atom. The average Bonchev–Trinajstić information content (AvgIpc) is 3.20. The Morgan fingerprint density at radius 2 is 1.61 bits per heavy atom. The van der Waals surface area contributed by atoms with Crippen LogP contribution in [0.15, 0.2) is 66.7 Å². The highest BCUT2D eigenvalue weighted by Crippen LogP contribution is 2.46. The number of phenolic OH excluding ortho intramolecular Hbond substituents is 1. The predicted octanol–water partition coefficient (Wildman–Crippen LogP) is 7.73. The fourth-order valence-corrected chi connectivity index (χ4v) is 3.76. The zero-order valence-corrected chi connectivity index (χ0v) is 19.2. The minimum Gasteiger partial charge on any atom is -0.506 e. The Balaban J connectivity index is 1.84. The van der Waals surface area contributed by atoms with E-state index in [2.05, 4.69) is 5.10 Å². The van der Waals surface area contributed by atoms with E-state index in [1.165, 1.54) is 18.2 Å². The van der Waals surface area contributed by atoms with Gasteiger partial charge in [0.2, 0.25) is 0 Å². The second kappa shape index (κ2) is 9.42. The lowest BCUT2D eigenvalue weighted by Crippen LogP contribution is -2.11. The number of hydrogen-bond acceptors (Lipinski definition) is 3. The molecular weight excluding hydrogens is 510 g/mol. The summed E-state index contributed by atoms with van der Waals surface area (Å²) in [7, 11) is 1.10. The standard InChI is InChI=1S/C25H17ClF6N2O2/c1-34-21(25(30,31)32)12-19(33-34)18-9-10-20(36-13-14-5-7-17(26)8-6-14)22(23(18)35)15-3-2-4-16(11-15)24(27,28)29/h2-12,35H,13H2,1H3. The van der Waals surface area contributed by atoms with Crippen LogP contribution in [0.5, 0.6) is 11.5 Å². The number of alkyl halides is 6. The number of aromatic hydroxyl groups is 1. The molecule has 0 saturated carbocycles. The number of aryl methyl sites for hydroxylation is 1. The van der Waals surface area contributed by atoms with Crippen molar-refractivity contribution >= 4 is 11.6 Å². The number of halogens is 7. The Kier molecular flexibility index (Phi) is 6.66. The van der Waals surface area contributed by atoms with Crippen molar-refractivity contribution in [2.45, 2.75) is 19.0 Å². The molecule has 0 spiro atoms. The van der Waals surface area contributed by atoms with Crippen molar-refractivity contribution in [1.29, 1.82) is 0 Å². The van der Waals surface area contributed by atoms with Gasteiger partial charge in [-0.3, -0.25) is 4.68 Å². The molecule has 36 heavy (non-hydrogen) atoms. The highest BCUT2D eigenvalue weighted by molar-refractivity contribution is 6.30. The number of nitrogens with zero attached hydrogens (tertiary/aromatic N) is 2. The minimum absolute atomic E-state index is 0.0102. The monoisotopic (exact) mass is 526 g/mol. The van der Waals surface area contributed by atoms with E-state index in [1.54, 1.807) is 24.3 Å². The molecule has 1 heterocycles. The van der Waals surface area contributed by atoms with Crippen LogP contribution in [0.2, 0.25) is 5.02 Å². The van der Waals surface area contributed by atoms with E-state index < -0.39 is 29.4 Å². The predicted molar refractivity (Wildman–Crippen MR) is 122 cm³/mol. The Hall–Kier alpha value is -3.66.